The SMILES string of the molecule is Cc1cc(Oc2nccc(CN)n2)cc(C)c1Br. The number of hydrogen-bond donors (Lipinski definition) is 1. The van der Waals surface area contributed by atoms with E-state index < -0.39 is 0 Å². The Labute approximate surface area is 114 Å². The molecule has 2 aromatic rings. The van der Waals surface area contributed by atoms with E-state index in [1.54, 1.807) is 12.3 Å². The van der Waals surface area contributed by atoms with Crippen LogP contribution in [0.3, 0.4) is 0 Å². The van der Waals surface area contributed by atoms with Crippen LogP contribution in [-0.4, -0.2) is 9.97 Å². The van der Waals surface area contributed by atoms with E-state index in [0.717, 1.165) is 27.0 Å². The fourth-order valence-corrected chi connectivity index (χ4v) is 1.84. The Morgan fingerprint density at radius 1 is 1.28 bits per heavy atom. The third-order valence-corrected chi connectivity index (χ3v) is 3.77. The number of nitrogens with zero attached hydrogens (tertiary/aromatic N) is 2. The number of nitrogens with two attached hydrogens (primary N) is 1. The fraction of sp³-hybridized carbons (Fsp3) is 0.231. The van der Waals surface area contributed by atoms with Gasteiger partial charge in [0.2, 0.25) is 0 Å². The standard InChI is InChI=1S/C13H14BrN3O/c1-8-5-11(6-9(2)12(8)14)18-13-16-4-3-10(7-15)17-13/h3-6H,7,15H2,1-2H3. The molecule has 0 aliphatic rings. The van der Waals surface area contributed by atoms with E-state index >= 15 is 0 Å². The topological polar surface area (TPSA) is 61.0 Å². The zero-order valence-electron chi connectivity index (χ0n) is 10.3. The van der Waals surface area contributed by atoms with Gasteiger partial charge in [-0.3, -0.25) is 0 Å². The summed E-state index contributed by atoms with van der Waals surface area (Å²) in [5, 5.41) is 0. The first-order valence-corrected chi connectivity index (χ1v) is 6.36. The summed E-state index contributed by atoms with van der Waals surface area (Å²) < 4.78 is 6.73. The summed E-state index contributed by atoms with van der Waals surface area (Å²) in [6.45, 7) is 4.40. The summed E-state index contributed by atoms with van der Waals surface area (Å²) in [5.41, 5.74) is 8.51. The highest BCUT2D eigenvalue weighted by Crippen LogP contribution is 2.28. The predicted molar refractivity (Wildman–Crippen MR) is 73.6 cm³/mol. The number of benzene rings is 1. The van der Waals surface area contributed by atoms with Crippen LogP contribution in [0.25, 0.3) is 0 Å². The highest BCUT2D eigenvalue weighted by atomic mass is 79.9. The van der Waals surface area contributed by atoms with Gasteiger partial charge in [0.05, 0.1) is 5.69 Å². The van der Waals surface area contributed by atoms with Crippen molar-refractivity contribution < 1.29 is 4.74 Å². The Morgan fingerprint density at radius 3 is 2.56 bits per heavy atom. The van der Waals surface area contributed by atoms with Crippen molar-refractivity contribution in [3.05, 3.63) is 45.7 Å². The monoisotopic (exact) mass is 307 g/mol. The van der Waals surface area contributed by atoms with Crippen LogP contribution in [0.15, 0.2) is 28.9 Å². The van der Waals surface area contributed by atoms with Crippen molar-refractivity contribution in [2.24, 2.45) is 5.73 Å². The Bertz CT molecular complexity index is 549. The molecule has 0 aliphatic carbocycles. The predicted octanol–water partition coefficient (Wildman–Crippen LogP) is 3.11. The molecule has 0 spiro atoms. The number of aryl methyl sites for hydroxylation is 2. The van der Waals surface area contributed by atoms with E-state index in [2.05, 4.69) is 25.9 Å². The minimum absolute atomic E-state index is 0.319. The van der Waals surface area contributed by atoms with Gasteiger partial charge < -0.3 is 10.5 Å². The molecule has 1 heterocycles. The second-order valence-electron chi connectivity index (χ2n) is 4.01. The largest absolute Gasteiger partial charge is 0.424 e. The molecule has 0 bridgehead atoms. The molecule has 0 radical (unpaired) electrons. The molecule has 1 aromatic heterocycles. The van der Waals surface area contributed by atoms with Crippen molar-refractivity contribution in [2.45, 2.75) is 20.4 Å². The van der Waals surface area contributed by atoms with Crippen LogP contribution >= 0.6 is 15.9 Å². The van der Waals surface area contributed by atoms with Crippen LogP contribution in [0.2, 0.25) is 0 Å². The lowest BCUT2D eigenvalue weighted by Crippen LogP contribution is -2.01. The van der Waals surface area contributed by atoms with Gasteiger partial charge >= 0.3 is 6.01 Å². The quantitative estimate of drug-likeness (QED) is 0.946. The van der Waals surface area contributed by atoms with Crippen LogP contribution in [0.5, 0.6) is 11.8 Å². The van der Waals surface area contributed by atoms with Crippen molar-refractivity contribution in [1.29, 1.82) is 0 Å². The maximum Gasteiger partial charge on any atom is 0.322 e. The second-order valence-corrected chi connectivity index (χ2v) is 4.80. The van der Waals surface area contributed by atoms with Gasteiger partial charge in [-0.25, -0.2) is 4.98 Å². The third kappa shape index (κ3) is 2.86. The highest BCUT2D eigenvalue weighted by molar-refractivity contribution is 9.10. The molecule has 4 nitrogen and oxygen atoms in total. The molecule has 0 saturated heterocycles. The van der Waals surface area contributed by atoms with Crippen molar-refractivity contribution >= 4 is 15.9 Å². The summed E-state index contributed by atoms with van der Waals surface area (Å²) >= 11 is 3.52. The lowest BCUT2D eigenvalue weighted by atomic mass is 10.1. The molecule has 0 atom stereocenters. The highest BCUT2D eigenvalue weighted by Gasteiger charge is 2.06. The molecule has 0 saturated carbocycles. The minimum atomic E-state index is 0.319. The maximum atomic E-state index is 5.64. The molecule has 2 N–H and O–H groups in total. The first kappa shape index (κ1) is 13.0. The average molecular weight is 308 g/mol. The molecule has 0 amide bonds. The van der Waals surface area contributed by atoms with E-state index in [4.69, 9.17) is 10.5 Å². The fourth-order valence-electron chi connectivity index (χ4n) is 1.61. The lowest BCUT2D eigenvalue weighted by Gasteiger charge is -2.08. The van der Waals surface area contributed by atoms with Crippen LogP contribution in [0, 0.1) is 13.8 Å². The molecular weight excluding hydrogens is 294 g/mol. The Kier molecular flexibility index (Phi) is 3.93. The summed E-state index contributed by atoms with van der Waals surface area (Å²) in [6, 6.07) is 5.97. The minimum Gasteiger partial charge on any atom is -0.424 e. The zero-order valence-corrected chi connectivity index (χ0v) is 11.9. The van der Waals surface area contributed by atoms with Gasteiger partial charge in [0, 0.05) is 17.2 Å². The molecule has 94 valence electrons. The Hall–Kier alpha value is -1.46. The lowest BCUT2D eigenvalue weighted by molar-refractivity contribution is 0.438. The Balaban J connectivity index is 2.28. The molecule has 18 heavy (non-hydrogen) atoms. The van der Waals surface area contributed by atoms with E-state index in [-0.39, 0.29) is 0 Å². The number of aromatic nitrogens is 2. The first-order valence-electron chi connectivity index (χ1n) is 5.56. The van der Waals surface area contributed by atoms with Gasteiger partial charge in [-0.1, -0.05) is 15.9 Å². The van der Waals surface area contributed by atoms with E-state index in [0.29, 0.717) is 12.6 Å². The van der Waals surface area contributed by atoms with E-state index in [1.165, 1.54) is 0 Å². The van der Waals surface area contributed by atoms with Crippen molar-refractivity contribution in [2.75, 3.05) is 0 Å². The molecule has 2 rings (SSSR count). The van der Waals surface area contributed by atoms with Gasteiger partial charge in [0.15, 0.2) is 0 Å². The van der Waals surface area contributed by atoms with Gasteiger partial charge in [0.25, 0.3) is 0 Å². The van der Waals surface area contributed by atoms with Crippen LogP contribution < -0.4 is 10.5 Å². The smallest absolute Gasteiger partial charge is 0.322 e. The molecular formula is C13H14BrN3O. The average Bonchev–Trinajstić information content (AvgIpc) is 2.36. The van der Waals surface area contributed by atoms with Gasteiger partial charge in [-0.05, 0) is 43.2 Å². The summed E-state index contributed by atoms with van der Waals surface area (Å²) in [7, 11) is 0. The number of halogens is 1. The van der Waals surface area contributed by atoms with Crippen LogP contribution in [0.1, 0.15) is 16.8 Å². The molecule has 5 heteroatoms. The van der Waals surface area contributed by atoms with Gasteiger partial charge in [-0.15, -0.1) is 0 Å². The third-order valence-electron chi connectivity index (χ3n) is 2.52. The number of rotatable bonds is 3. The first-order chi connectivity index (χ1) is 8.60. The van der Waals surface area contributed by atoms with E-state index in [9.17, 15) is 0 Å². The van der Waals surface area contributed by atoms with Crippen molar-refractivity contribution in [3.63, 3.8) is 0 Å². The van der Waals surface area contributed by atoms with E-state index in [1.807, 2.05) is 26.0 Å². The molecule has 0 aliphatic heterocycles. The van der Waals surface area contributed by atoms with Gasteiger partial charge in [0.1, 0.15) is 5.75 Å². The van der Waals surface area contributed by atoms with Crippen molar-refractivity contribution in [3.8, 4) is 11.8 Å². The normalized spacial score (nSPS) is 10.4. The van der Waals surface area contributed by atoms with Gasteiger partial charge in [-0.2, -0.15) is 4.98 Å². The summed E-state index contributed by atoms with van der Waals surface area (Å²) in [4.78, 5) is 8.26. The van der Waals surface area contributed by atoms with Crippen LogP contribution in [-0.2, 0) is 6.54 Å². The summed E-state index contributed by atoms with van der Waals surface area (Å²) in [5.74, 6) is 0.724. The number of ether oxygens (including phenoxy) is 1. The number of hydrogen-bond acceptors (Lipinski definition) is 4. The zero-order chi connectivity index (χ0) is 13.1. The summed E-state index contributed by atoms with van der Waals surface area (Å²) in [6.07, 6.45) is 1.64. The Morgan fingerprint density at radius 2 is 1.94 bits per heavy atom. The molecule has 1 aromatic carbocycles. The molecule has 0 fully saturated rings. The maximum absolute atomic E-state index is 5.64. The van der Waals surface area contributed by atoms with Crippen molar-refractivity contribution in [1.82, 2.24) is 9.97 Å². The van der Waals surface area contributed by atoms with Crippen LogP contribution in [0.4, 0.5) is 0 Å². The second kappa shape index (κ2) is 5.46. The molecule has 0 unspecified atom stereocenters.